The van der Waals surface area contributed by atoms with E-state index in [1.54, 1.807) is 6.07 Å². The second kappa shape index (κ2) is 5.31. The number of carbonyl (C=O) groups is 1. The Morgan fingerprint density at radius 1 is 1.59 bits per heavy atom. The number of furan rings is 1. The second-order valence-corrected chi connectivity index (χ2v) is 3.99. The first-order valence-electron chi connectivity index (χ1n) is 5.45. The summed E-state index contributed by atoms with van der Waals surface area (Å²) in [5.74, 6) is -1.07. The molecule has 1 unspecified atom stereocenters. The van der Waals surface area contributed by atoms with Crippen molar-refractivity contribution in [1.29, 1.82) is 0 Å². The summed E-state index contributed by atoms with van der Waals surface area (Å²) in [6.45, 7) is 2.35. The molecule has 2 N–H and O–H groups in total. The standard InChI is InChI=1S/C11H15NO5/c13-7-9-6-12(2-4-16-9)5-8-1-3-17-10(8)11(14)15/h1,3,9,13H,2,4-7H2,(H,14,15). The quantitative estimate of drug-likeness (QED) is 0.782. The molecule has 0 amide bonds. The number of nitrogens with zero attached hydrogens (tertiary/aromatic N) is 1. The van der Waals surface area contributed by atoms with Crippen molar-refractivity contribution in [3.8, 4) is 0 Å². The Labute approximate surface area is 98.4 Å². The predicted molar refractivity (Wildman–Crippen MR) is 57.8 cm³/mol. The van der Waals surface area contributed by atoms with Gasteiger partial charge in [0.15, 0.2) is 0 Å². The van der Waals surface area contributed by atoms with Crippen molar-refractivity contribution in [3.63, 3.8) is 0 Å². The lowest BCUT2D eigenvalue weighted by molar-refractivity contribution is -0.0551. The summed E-state index contributed by atoms with van der Waals surface area (Å²) < 4.78 is 10.2. The average molecular weight is 241 g/mol. The van der Waals surface area contributed by atoms with Crippen molar-refractivity contribution in [2.24, 2.45) is 0 Å². The molecule has 1 fully saturated rings. The van der Waals surface area contributed by atoms with Gasteiger partial charge in [-0.25, -0.2) is 4.79 Å². The maximum atomic E-state index is 10.9. The first-order valence-corrected chi connectivity index (χ1v) is 5.45. The van der Waals surface area contributed by atoms with Crippen molar-refractivity contribution < 1.29 is 24.2 Å². The summed E-state index contributed by atoms with van der Waals surface area (Å²) in [4.78, 5) is 12.9. The molecule has 0 spiro atoms. The van der Waals surface area contributed by atoms with Crippen LogP contribution in [0.1, 0.15) is 16.1 Å². The van der Waals surface area contributed by atoms with E-state index in [4.69, 9.17) is 19.4 Å². The van der Waals surface area contributed by atoms with Gasteiger partial charge >= 0.3 is 5.97 Å². The van der Waals surface area contributed by atoms with Crippen LogP contribution in [0.25, 0.3) is 0 Å². The van der Waals surface area contributed by atoms with Gasteiger partial charge in [0.25, 0.3) is 0 Å². The van der Waals surface area contributed by atoms with E-state index in [1.807, 2.05) is 4.90 Å². The number of rotatable bonds is 4. The molecule has 6 heteroatoms. The van der Waals surface area contributed by atoms with Crippen LogP contribution in [-0.2, 0) is 11.3 Å². The molecule has 1 aromatic heterocycles. The maximum Gasteiger partial charge on any atom is 0.372 e. The Morgan fingerprint density at radius 2 is 2.41 bits per heavy atom. The average Bonchev–Trinajstić information content (AvgIpc) is 2.77. The first-order chi connectivity index (χ1) is 8.20. The van der Waals surface area contributed by atoms with Gasteiger partial charge in [-0.1, -0.05) is 0 Å². The zero-order valence-corrected chi connectivity index (χ0v) is 9.33. The maximum absolute atomic E-state index is 10.9. The summed E-state index contributed by atoms with van der Waals surface area (Å²) in [5, 5.41) is 17.9. The lowest BCUT2D eigenvalue weighted by Crippen LogP contribution is -2.43. The summed E-state index contributed by atoms with van der Waals surface area (Å²) in [7, 11) is 0. The third-order valence-electron chi connectivity index (χ3n) is 2.76. The van der Waals surface area contributed by atoms with Crippen LogP contribution in [0.3, 0.4) is 0 Å². The smallest absolute Gasteiger partial charge is 0.372 e. The number of aliphatic hydroxyl groups is 1. The molecular formula is C11H15NO5. The van der Waals surface area contributed by atoms with Crippen LogP contribution in [0.5, 0.6) is 0 Å². The highest BCUT2D eigenvalue weighted by Crippen LogP contribution is 2.15. The van der Waals surface area contributed by atoms with Gasteiger partial charge in [0, 0.05) is 25.2 Å². The number of ether oxygens (including phenoxy) is 1. The van der Waals surface area contributed by atoms with Gasteiger partial charge in [0.2, 0.25) is 5.76 Å². The van der Waals surface area contributed by atoms with E-state index in [1.165, 1.54) is 6.26 Å². The molecule has 0 saturated carbocycles. The summed E-state index contributed by atoms with van der Waals surface area (Å²) in [5.41, 5.74) is 0.649. The Balaban J connectivity index is 2.00. The Morgan fingerprint density at radius 3 is 3.12 bits per heavy atom. The molecule has 2 rings (SSSR count). The number of aromatic carboxylic acids is 1. The Kier molecular flexibility index (Phi) is 3.78. The Hall–Kier alpha value is -1.37. The fourth-order valence-corrected chi connectivity index (χ4v) is 1.92. The minimum Gasteiger partial charge on any atom is -0.475 e. The van der Waals surface area contributed by atoms with Crippen molar-refractivity contribution in [3.05, 3.63) is 23.7 Å². The van der Waals surface area contributed by atoms with E-state index in [-0.39, 0.29) is 18.5 Å². The first kappa shape index (κ1) is 12.1. The number of carboxylic acids is 1. The SMILES string of the molecule is O=C(O)c1occc1CN1CCOC(CO)C1. The third-order valence-corrected chi connectivity index (χ3v) is 2.76. The van der Waals surface area contributed by atoms with Crippen LogP contribution < -0.4 is 0 Å². The number of morpholine rings is 1. The molecule has 0 bridgehead atoms. The number of hydrogen-bond acceptors (Lipinski definition) is 5. The fraction of sp³-hybridized carbons (Fsp3) is 0.545. The van der Waals surface area contributed by atoms with Gasteiger partial charge < -0.3 is 19.4 Å². The minimum atomic E-state index is -1.06. The molecule has 1 saturated heterocycles. The highest BCUT2D eigenvalue weighted by atomic mass is 16.5. The lowest BCUT2D eigenvalue weighted by atomic mass is 10.2. The van der Waals surface area contributed by atoms with Gasteiger partial charge in [-0.15, -0.1) is 0 Å². The molecule has 2 heterocycles. The zero-order chi connectivity index (χ0) is 12.3. The van der Waals surface area contributed by atoms with Gasteiger partial charge in [0.1, 0.15) is 0 Å². The highest BCUT2D eigenvalue weighted by molar-refractivity contribution is 5.86. The molecule has 0 aliphatic carbocycles. The van der Waals surface area contributed by atoms with E-state index in [2.05, 4.69) is 0 Å². The van der Waals surface area contributed by atoms with Crippen molar-refractivity contribution in [2.45, 2.75) is 12.6 Å². The van der Waals surface area contributed by atoms with Crippen molar-refractivity contribution >= 4 is 5.97 Å². The molecule has 1 aromatic rings. The Bertz CT molecular complexity index is 389. The second-order valence-electron chi connectivity index (χ2n) is 3.99. The molecule has 0 radical (unpaired) electrons. The van der Waals surface area contributed by atoms with Crippen molar-refractivity contribution in [2.75, 3.05) is 26.3 Å². The van der Waals surface area contributed by atoms with Crippen LogP contribution in [0.4, 0.5) is 0 Å². The normalized spacial score (nSPS) is 21.6. The number of hydrogen-bond donors (Lipinski definition) is 2. The van der Waals surface area contributed by atoms with E-state index in [0.717, 1.165) is 6.54 Å². The molecule has 17 heavy (non-hydrogen) atoms. The van der Waals surface area contributed by atoms with Gasteiger partial charge in [0.05, 0.1) is 25.6 Å². The molecule has 1 aliphatic rings. The van der Waals surface area contributed by atoms with Crippen LogP contribution in [0, 0.1) is 0 Å². The largest absolute Gasteiger partial charge is 0.475 e. The number of carboxylic acid groups (broad SMARTS) is 1. The van der Waals surface area contributed by atoms with Gasteiger partial charge in [-0.3, -0.25) is 4.90 Å². The predicted octanol–water partition coefficient (Wildman–Crippen LogP) is 0.171. The summed E-state index contributed by atoms with van der Waals surface area (Å²) in [6, 6.07) is 1.66. The topological polar surface area (TPSA) is 83.1 Å². The minimum absolute atomic E-state index is 0.0166. The number of aliphatic hydroxyl groups excluding tert-OH is 1. The van der Waals surface area contributed by atoms with Crippen LogP contribution in [0.15, 0.2) is 16.7 Å². The van der Waals surface area contributed by atoms with Crippen LogP contribution in [0.2, 0.25) is 0 Å². The molecule has 1 aliphatic heterocycles. The summed E-state index contributed by atoms with van der Waals surface area (Å²) >= 11 is 0. The molecule has 1 atom stereocenters. The van der Waals surface area contributed by atoms with Crippen LogP contribution in [-0.4, -0.2) is 53.5 Å². The zero-order valence-electron chi connectivity index (χ0n) is 9.33. The van der Waals surface area contributed by atoms with E-state index in [0.29, 0.717) is 25.3 Å². The van der Waals surface area contributed by atoms with E-state index >= 15 is 0 Å². The van der Waals surface area contributed by atoms with Gasteiger partial charge in [-0.2, -0.15) is 0 Å². The van der Waals surface area contributed by atoms with E-state index in [9.17, 15) is 4.79 Å². The van der Waals surface area contributed by atoms with Crippen LogP contribution >= 0.6 is 0 Å². The summed E-state index contributed by atoms with van der Waals surface area (Å²) in [6.07, 6.45) is 1.19. The fourth-order valence-electron chi connectivity index (χ4n) is 1.92. The molecule has 0 aromatic carbocycles. The highest BCUT2D eigenvalue weighted by Gasteiger charge is 2.22. The molecular weight excluding hydrogens is 226 g/mol. The molecule has 94 valence electrons. The molecule has 6 nitrogen and oxygen atoms in total. The van der Waals surface area contributed by atoms with Crippen molar-refractivity contribution in [1.82, 2.24) is 4.90 Å². The van der Waals surface area contributed by atoms with Gasteiger partial charge in [-0.05, 0) is 6.07 Å². The van der Waals surface area contributed by atoms with E-state index < -0.39 is 5.97 Å². The lowest BCUT2D eigenvalue weighted by Gasteiger charge is -2.31. The third kappa shape index (κ3) is 2.85. The monoisotopic (exact) mass is 241 g/mol.